The van der Waals surface area contributed by atoms with Crippen LogP contribution in [0.5, 0.6) is 0 Å². The fourth-order valence-electron chi connectivity index (χ4n) is 0.850. The number of benzene rings is 1. The highest BCUT2D eigenvalue weighted by Gasteiger charge is 2.11. The van der Waals surface area contributed by atoms with Gasteiger partial charge in [0.25, 0.3) is 5.91 Å². The molecule has 6 heteroatoms. The number of nitrogen functional groups attached to an aromatic ring is 2. The van der Waals surface area contributed by atoms with E-state index in [4.69, 9.17) is 34.8 Å². The molecular formula is C7H7Cl2N3O. The average Bonchev–Trinajstić information content (AvgIpc) is 2.10. The maximum absolute atomic E-state index is 11.1. The Balaban J connectivity index is 3.28. The van der Waals surface area contributed by atoms with Crippen LogP contribution in [0.4, 0.5) is 5.69 Å². The van der Waals surface area contributed by atoms with E-state index in [1.54, 1.807) is 0 Å². The van der Waals surface area contributed by atoms with Gasteiger partial charge >= 0.3 is 0 Å². The zero-order valence-corrected chi connectivity index (χ0v) is 7.99. The number of hydrogen-bond donors (Lipinski definition) is 3. The van der Waals surface area contributed by atoms with E-state index in [1.807, 2.05) is 5.43 Å². The number of carbonyl (C=O) groups excluding carboxylic acids is 1. The van der Waals surface area contributed by atoms with Gasteiger partial charge in [-0.25, -0.2) is 5.84 Å². The van der Waals surface area contributed by atoms with Crippen molar-refractivity contribution < 1.29 is 4.79 Å². The first-order valence-corrected chi connectivity index (χ1v) is 4.07. The highest BCUT2D eigenvalue weighted by atomic mass is 35.5. The standard InChI is InChI=1S/C7H7Cl2N3O/c8-3-1-4(7(13)12-11)6(10)5(9)2-3/h1-2H,10-11H2,(H,12,13). The van der Waals surface area contributed by atoms with Gasteiger partial charge in [0.05, 0.1) is 16.3 Å². The second-order valence-corrected chi connectivity index (χ2v) is 3.17. The summed E-state index contributed by atoms with van der Waals surface area (Å²) in [6.45, 7) is 0. The smallest absolute Gasteiger partial charge is 0.267 e. The summed E-state index contributed by atoms with van der Waals surface area (Å²) in [6.07, 6.45) is 0. The normalized spacial score (nSPS) is 9.77. The molecule has 5 N–H and O–H groups in total. The van der Waals surface area contributed by atoms with Crippen LogP contribution < -0.4 is 17.0 Å². The molecule has 13 heavy (non-hydrogen) atoms. The SMILES string of the molecule is NNC(=O)c1cc(Cl)cc(Cl)c1N. The summed E-state index contributed by atoms with van der Waals surface area (Å²) in [4.78, 5) is 11.1. The van der Waals surface area contributed by atoms with Crippen LogP contribution in [0.25, 0.3) is 0 Å². The number of nitrogens with one attached hydrogen (secondary N) is 1. The van der Waals surface area contributed by atoms with Gasteiger partial charge in [0.2, 0.25) is 0 Å². The van der Waals surface area contributed by atoms with Crippen molar-refractivity contribution in [3.63, 3.8) is 0 Å². The third-order valence-electron chi connectivity index (χ3n) is 1.47. The number of hydrazine groups is 1. The van der Waals surface area contributed by atoms with E-state index < -0.39 is 5.91 Å². The second kappa shape index (κ2) is 3.83. The molecule has 1 rings (SSSR count). The van der Waals surface area contributed by atoms with E-state index in [0.29, 0.717) is 5.02 Å². The molecule has 70 valence electrons. The van der Waals surface area contributed by atoms with E-state index >= 15 is 0 Å². The lowest BCUT2D eigenvalue weighted by Crippen LogP contribution is -2.30. The van der Waals surface area contributed by atoms with Gasteiger partial charge in [-0.3, -0.25) is 10.2 Å². The van der Waals surface area contributed by atoms with Crippen molar-refractivity contribution >= 4 is 34.8 Å². The van der Waals surface area contributed by atoms with E-state index in [9.17, 15) is 4.79 Å². The lowest BCUT2D eigenvalue weighted by Gasteiger charge is -2.06. The second-order valence-electron chi connectivity index (χ2n) is 2.32. The fraction of sp³-hybridized carbons (Fsp3) is 0. The van der Waals surface area contributed by atoms with Crippen LogP contribution in [0.1, 0.15) is 10.4 Å². The number of hydrogen-bond acceptors (Lipinski definition) is 3. The van der Waals surface area contributed by atoms with Crippen molar-refractivity contribution in [3.8, 4) is 0 Å². The molecule has 0 aliphatic rings. The first-order chi connectivity index (χ1) is 6.06. The minimum atomic E-state index is -0.526. The van der Waals surface area contributed by atoms with Crippen molar-refractivity contribution in [2.45, 2.75) is 0 Å². The lowest BCUT2D eigenvalue weighted by atomic mass is 10.2. The maximum Gasteiger partial charge on any atom is 0.267 e. The predicted molar refractivity (Wildman–Crippen MR) is 52.5 cm³/mol. The number of amides is 1. The molecule has 1 amide bonds. The van der Waals surface area contributed by atoms with Gasteiger partial charge in [0, 0.05) is 5.02 Å². The zero-order valence-electron chi connectivity index (χ0n) is 6.47. The van der Waals surface area contributed by atoms with Gasteiger partial charge in [0.1, 0.15) is 0 Å². The molecular weight excluding hydrogens is 213 g/mol. The van der Waals surface area contributed by atoms with Gasteiger partial charge in [-0.2, -0.15) is 0 Å². The number of carbonyl (C=O) groups is 1. The molecule has 0 radical (unpaired) electrons. The topological polar surface area (TPSA) is 81.1 Å². The summed E-state index contributed by atoms with van der Waals surface area (Å²) in [7, 11) is 0. The molecule has 4 nitrogen and oxygen atoms in total. The van der Waals surface area contributed by atoms with E-state index in [-0.39, 0.29) is 16.3 Å². The zero-order chi connectivity index (χ0) is 10.0. The highest BCUT2D eigenvalue weighted by molar-refractivity contribution is 6.37. The monoisotopic (exact) mass is 219 g/mol. The molecule has 1 aromatic carbocycles. The van der Waals surface area contributed by atoms with Crippen molar-refractivity contribution in [1.82, 2.24) is 5.43 Å². The Bertz CT molecular complexity index is 354. The summed E-state index contributed by atoms with van der Waals surface area (Å²) < 4.78 is 0. The van der Waals surface area contributed by atoms with Crippen LogP contribution in [0.3, 0.4) is 0 Å². The Morgan fingerprint density at radius 3 is 2.54 bits per heavy atom. The van der Waals surface area contributed by atoms with Crippen molar-refractivity contribution in [3.05, 3.63) is 27.7 Å². The molecule has 0 saturated heterocycles. The molecule has 0 bridgehead atoms. The van der Waals surface area contributed by atoms with E-state index in [0.717, 1.165) is 0 Å². The van der Waals surface area contributed by atoms with Crippen LogP contribution in [0.2, 0.25) is 10.0 Å². The summed E-state index contributed by atoms with van der Waals surface area (Å²) in [6, 6.07) is 2.84. The molecule has 0 fully saturated rings. The van der Waals surface area contributed by atoms with E-state index in [2.05, 4.69) is 0 Å². The summed E-state index contributed by atoms with van der Waals surface area (Å²) in [5, 5.41) is 0.559. The third-order valence-corrected chi connectivity index (χ3v) is 2.00. The van der Waals surface area contributed by atoms with Gasteiger partial charge in [0.15, 0.2) is 0 Å². The predicted octanol–water partition coefficient (Wildman–Crippen LogP) is 1.18. The summed E-state index contributed by atoms with van der Waals surface area (Å²) in [5.41, 5.74) is 7.79. The number of nitrogens with two attached hydrogens (primary N) is 2. The average molecular weight is 220 g/mol. The van der Waals surface area contributed by atoms with Crippen molar-refractivity contribution in [2.24, 2.45) is 5.84 Å². The molecule has 0 spiro atoms. The lowest BCUT2D eigenvalue weighted by molar-refractivity contribution is 0.0954. The molecule has 0 unspecified atom stereocenters. The molecule has 0 aliphatic carbocycles. The van der Waals surface area contributed by atoms with Gasteiger partial charge in [-0.1, -0.05) is 23.2 Å². The first kappa shape index (κ1) is 10.1. The van der Waals surface area contributed by atoms with Gasteiger partial charge < -0.3 is 5.73 Å². The summed E-state index contributed by atoms with van der Waals surface area (Å²) >= 11 is 11.4. The van der Waals surface area contributed by atoms with Gasteiger partial charge in [-0.05, 0) is 12.1 Å². The Kier molecular flexibility index (Phi) is 2.98. The molecule has 0 aliphatic heterocycles. The molecule has 1 aromatic rings. The van der Waals surface area contributed by atoms with Crippen molar-refractivity contribution in [2.75, 3.05) is 5.73 Å². The minimum absolute atomic E-state index is 0.161. The quantitative estimate of drug-likeness (QED) is 0.287. The number of halogens is 2. The van der Waals surface area contributed by atoms with Crippen LogP contribution in [-0.4, -0.2) is 5.91 Å². The third kappa shape index (κ3) is 2.03. The Morgan fingerprint density at radius 1 is 1.38 bits per heavy atom. The molecule has 0 saturated carbocycles. The van der Waals surface area contributed by atoms with Crippen molar-refractivity contribution in [1.29, 1.82) is 0 Å². The Morgan fingerprint density at radius 2 is 2.00 bits per heavy atom. The highest BCUT2D eigenvalue weighted by Crippen LogP contribution is 2.27. The van der Waals surface area contributed by atoms with E-state index in [1.165, 1.54) is 12.1 Å². The molecule has 0 aromatic heterocycles. The summed E-state index contributed by atoms with van der Waals surface area (Å²) in [5.74, 6) is 4.41. The van der Waals surface area contributed by atoms with Crippen LogP contribution in [0.15, 0.2) is 12.1 Å². The minimum Gasteiger partial charge on any atom is -0.397 e. The van der Waals surface area contributed by atoms with Crippen LogP contribution in [-0.2, 0) is 0 Å². The molecule has 0 heterocycles. The van der Waals surface area contributed by atoms with Gasteiger partial charge in [-0.15, -0.1) is 0 Å². The Labute approximate surface area is 84.8 Å². The first-order valence-electron chi connectivity index (χ1n) is 3.31. The van der Waals surface area contributed by atoms with Crippen LogP contribution in [0, 0.1) is 0 Å². The number of anilines is 1. The Hall–Kier alpha value is -0.970. The fourth-order valence-corrected chi connectivity index (χ4v) is 1.34. The largest absolute Gasteiger partial charge is 0.397 e. The molecule has 0 atom stereocenters. The number of rotatable bonds is 1. The van der Waals surface area contributed by atoms with Crippen LogP contribution >= 0.6 is 23.2 Å². The maximum atomic E-state index is 11.1.